The summed E-state index contributed by atoms with van der Waals surface area (Å²) in [6, 6.07) is 71.0. The summed E-state index contributed by atoms with van der Waals surface area (Å²) in [5.74, 6) is 0. The number of fused-ring (bicyclic) bond motifs is 3. The fraction of sp³-hybridized carbons (Fsp3) is 0. The quantitative estimate of drug-likeness (QED) is 0.154. The third-order valence-corrected chi connectivity index (χ3v) is 11.4. The average molecular weight is 780 g/mol. The van der Waals surface area contributed by atoms with Crippen LogP contribution in [0.15, 0.2) is 225 Å². The van der Waals surface area contributed by atoms with Crippen molar-refractivity contribution < 1.29 is 0 Å². The summed E-state index contributed by atoms with van der Waals surface area (Å²) in [5, 5.41) is 2.44. The molecule has 11 aromatic rings. The van der Waals surface area contributed by atoms with E-state index in [0.29, 0.717) is 0 Å². The first-order chi connectivity index (χ1) is 30.2. The largest absolute Gasteiger partial charge is 0.309 e. The highest BCUT2D eigenvalue weighted by Gasteiger charge is 2.16. The molecular weight excluding hydrogens is 743 g/mol. The van der Waals surface area contributed by atoms with Gasteiger partial charge >= 0.3 is 0 Å². The molecule has 61 heavy (non-hydrogen) atoms. The number of pyridine rings is 4. The highest BCUT2D eigenvalue weighted by molar-refractivity contribution is 6.10. The van der Waals surface area contributed by atoms with Gasteiger partial charge in [-0.25, -0.2) is 9.97 Å². The van der Waals surface area contributed by atoms with E-state index in [1.54, 1.807) is 24.8 Å². The maximum absolute atomic E-state index is 5.08. The summed E-state index contributed by atoms with van der Waals surface area (Å²) in [4.78, 5) is 18.6. The van der Waals surface area contributed by atoms with Gasteiger partial charge in [0.05, 0.1) is 33.8 Å². The zero-order chi connectivity index (χ0) is 40.5. The van der Waals surface area contributed by atoms with Crippen LogP contribution in [0.5, 0.6) is 0 Å². The molecule has 0 radical (unpaired) electrons. The fourth-order valence-electron chi connectivity index (χ4n) is 8.41. The molecule has 5 aromatic heterocycles. The molecule has 0 saturated heterocycles. The Hall–Kier alpha value is -8.28. The standard InChI is InChI=1S/C56H37N5/c1-2-14-48(15-3-1)61-55-21-5-4-16-49(55)50-37-42(22-23-56(50)61)47-35-45(40-10-6-12-43(32-40)53-19-8-17-51(59-53)38-24-28-57-29-25-38)34-46(36-47)41-11-7-13-44(33-41)54-20-9-18-52(60-54)39-26-30-58-31-27-39/h1-37H. The van der Waals surface area contributed by atoms with E-state index in [0.717, 1.165) is 84.1 Å². The predicted octanol–water partition coefficient (Wildman–Crippen LogP) is 14.0. The van der Waals surface area contributed by atoms with Crippen LogP contribution in [-0.4, -0.2) is 24.5 Å². The molecule has 0 amide bonds. The van der Waals surface area contributed by atoms with Crippen LogP contribution in [0.4, 0.5) is 0 Å². The Labute approximate surface area is 354 Å². The van der Waals surface area contributed by atoms with Crippen molar-refractivity contribution in [2.45, 2.75) is 0 Å². The van der Waals surface area contributed by atoms with Gasteiger partial charge in [-0.3, -0.25) is 9.97 Å². The summed E-state index contributed by atoms with van der Waals surface area (Å²) in [5.41, 5.74) is 18.1. The third kappa shape index (κ3) is 6.94. The molecule has 286 valence electrons. The summed E-state index contributed by atoms with van der Waals surface area (Å²) >= 11 is 0. The minimum Gasteiger partial charge on any atom is -0.309 e. The molecule has 0 fully saturated rings. The lowest BCUT2D eigenvalue weighted by molar-refractivity contribution is 1.18. The summed E-state index contributed by atoms with van der Waals surface area (Å²) in [6.45, 7) is 0. The first-order valence-corrected chi connectivity index (χ1v) is 20.4. The van der Waals surface area contributed by atoms with Crippen LogP contribution in [0.25, 0.3) is 106 Å². The molecule has 0 spiro atoms. The summed E-state index contributed by atoms with van der Waals surface area (Å²) < 4.78 is 2.36. The number of hydrogen-bond donors (Lipinski definition) is 0. The number of benzene rings is 6. The Morgan fingerprint density at radius 2 is 0.689 bits per heavy atom. The first kappa shape index (κ1) is 35.8. The molecule has 0 unspecified atom stereocenters. The Kier molecular flexibility index (Phi) is 9.10. The normalized spacial score (nSPS) is 11.3. The van der Waals surface area contributed by atoms with Crippen molar-refractivity contribution in [2.24, 2.45) is 0 Å². The van der Waals surface area contributed by atoms with Crippen molar-refractivity contribution in [2.75, 3.05) is 0 Å². The number of aromatic nitrogens is 5. The van der Waals surface area contributed by atoms with Gasteiger partial charge in [0, 0.05) is 63.5 Å². The molecule has 0 N–H and O–H groups in total. The van der Waals surface area contributed by atoms with Gasteiger partial charge in [-0.05, 0) is 143 Å². The molecular formula is C56H37N5. The monoisotopic (exact) mass is 779 g/mol. The van der Waals surface area contributed by atoms with Gasteiger partial charge in [0.2, 0.25) is 0 Å². The maximum atomic E-state index is 5.08. The third-order valence-electron chi connectivity index (χ3n) is 11.4. The molecule has 5 heterocycles. The second-order valence-corrected chi connectivity index (χ2v) is 15.2. The highest BCUT2D eigenvalue weighted by Crippen LogP contribution is 2.39. The van der Waals surface area contributed by atoms with Crippen molar-refractivity contribution in [1.29, 1.82) is 0 Å². The van der Waals surface area contributed by atoms with E-state index in [1.165, 1.54) is 21.8 Å². The van der Waals surface area contributed by atoms with E-state index in [4.69, 9.17) is 9.97 Å². The van der Waals surface area contributed by atoms with Crippen molar-refractivity contribution in [3.05, 3.63) is 225 Å². The molecule has 11 rings (SSSR count). The molecule has 0 bridgehead atoms. The number of para-hydroxylation sites is 2. The maximum Gasteiger partial charge on any atom is 0.0710 e. The van der Waals surface area contributed by atoms with Crippen LogP contribution in [0.2, 0.25) is 0 Å². The lowest BCUT2D eigenvalue weighted by atomic mass is 9.91. The van der Waals surface area contributed by atoms with E-state index >= 15 is 0 Å². The minimum absolute atomic E-state index is 0.916. The van der Waals surface area contributed by atoms with E-state index in [2.05, 4.69) is 178 Å². The lowest BCUT2D eigenvalue weighted by Crippen LogP contribution is -1.93. The van der Waals surface area contributed by atoms with E-state index in [9.17, 15) is 0 Å². The molecule has 5 nitrogen and oxygen atoms in total. The van der Waals surface area contributed by atoms with E-state index in [-0.39, 0.29) is 0 Å². The first-order valence-electron chi connectivity index (χ1n) is 20.4. The van der Waals surface area contributed by atoms with Crippen molar-refractivity contribution in [3.63, 3.8) is 0 Å². The molecule has 0 aliphatic rings. The van der Waals surface area contributed by atoms with Crippen LogP contribution in [0.3, 0.4) is 0 Å². The van der Waals surface area contributed by atoms with Gasteiger partial charge in [0.25, 0.3) is 0 Å². The van der Waals surface area contributed by atoms with Crippen LogP contribution in [0.1, 0.15) is 0 Å². The average Bonchev–Trinajstić information content (AvgIpc) is 3.68. The van der Waals surface area contributed by atoms with Crippen LogP contribution >= 0.6 is 0 Å². The summed E-state index contributed by atoms with van der Waals surface area (Å²) in [6.07, 6.45) is 7.22. The van der Waals surface area contributed by atoms with Gasteiger partial charge in [0.1, 0.15) is 0 Å². The summed E-state index contributed by atoms with van der Waals surface area (Å²) in [7, 11) is 0. The van der Waals surface area contributed by atoms with Crippen molar-refractivity contribution >= 4 is 21.8 Å². The van der Waals surface area contributed by atoms with Gasteiger partial charge in [-0.2, -0.15) is 0 Å². The second kappa shape index (κ2) is 15.5. The van der Waals surface area contributed by atoms with Crippen LogP contribution < -0.4 is 0 Å². The van der Waals surface area contributed by atoms with Crippen molar-refractivity contribution in [3.8, 4) is 84.1 Å². The van der Waals surface area contributed by atoms with Gasteiger partial charge in [-0.15, -0.1) is 0 Å². The molecule has 5 heteroatoms. The Morgan fingerprint density at radius 1 is 0.262 bits per heavy atom. The van der Waals surface area contributed by atoms with E-state index < -0.39 is 0 Å². The molecule has 0 aliphatic carbocycles. The zero-order valence-corrected chi connectivity index (χ0v) is 33.1. The SMILES string of the molecule is c1ccc(-n2c3ccccc3c3cc(-c4cc(-c5cccc(-c6cccc(-c7ccncc7)n6)c5)cc(-c5cccc(-c6cccc(-c7ccncc7)n6)c5)c4)ccc32)cc1. The molecule has 0 saturated carbocycles. The van der Waals surface area contributed by atoms with Crippen molar-refractivity contribution in [1.82, 2.24) is 24.5 Å². The van der Waals surface area contributed by atoms with Crippen LogP contribution in [0, 0.1) is 0 Å². The Bertz CT molecular complexity index is 3210. The molecule has 6 aromatic carbocycles. The zero-order valence-electron chi connectivity index (χ0n) is 33.1. The molecule has 0 aliphatic heterocycles. The topological polar surface area (TPSA) is 56.5 Å². The minimum atomic E-state index is 0.916. The number of rotatable bonds is 8. The Balaban J connectivity index is 1.06. The van der Waals surface area contributed by atoms with E-state index in [1.807, 2.05) is 36.4 Å². The molecule has 0 atom stereocenters. The second-order valence-electron chi connectivity index (χ2n) is 15.2. The van der Waals surface area contributed by atoms with Gasteiger partial charge in [0.15, 0.2) is 0 Å². The van der Waals surface area contributed by atoms with Gasteiger partial charge in [-0.1, -0.05) is 91.0 Å². The fourth-order valence-corrected chi connectivity index (χ4v) is 8.41. The smallest absolute Gasteiger partial charge is 0.0710 e. The predicted molar refractivity (Wildman–Crippen MR) is 250 cm³/mol. The van der Waals surface area contributed by atoms with Gasteiger partial charge < -0.3 is 4.57 Å². The van der Waals surface area contributed by atoms with Crippen LogP contribution in [-0.2, 0) is 0 Å². The number of hydrogen-bond acceptors (Lipinski definition) is 4. The number of nitrogens with zero attached hydrogens (tertiary/aromatic N) is 5. The lowest BCUT2D eigenvalue weighted by Gasteiger charge is -2.14. The Morgan fingerprint density at radius 3 is 1.25 bits per heavy atom. The highest BCUT2D eigenvalue weighted by atomic mass is 15.0.